The second-order valence-corrected chi connectivity index (χ2v) is 4.89. The van der Waals surface area contributed by atoms with E-state index < -0.39 is 0 Å². The molecule has 1 aromatic carbocycles. The third-order valence-corrected chi connectivity index (χ3v) is 3.52. The molecule has 15 heavy (non-hydrogen) atoms. The van der Waals surface area contributed by atoms with Crippen molar-refractivity contribution >= 4 is 17.6 Å². The average molecular weight is 222 g/mol. The SMILES string of the molecule is Cc1cccc(CSCC(C)C(=N)N)c1. The van der Waals surface area contributed by atoms with Crippen LogP contribution >= 0.6 is 11.8 Å². The Kier molecular flexibility index (Phi) is 4.69. The van der Waals surface area contributed by atoms with E-state index in [1.807, 2.05) is 18.7 Å². The van der Waals surface area contributed by atoms with Gasteiger partial charge in [0, 0.05) is 17.4 Å². The first-order chi connectivity index (χ1) is 7.09. The summed E-state index contributed by atoms with van der Waals surface area (Å²) in [6, 6.07) is 8.52. The first-order valence-electron chi connectivity index (χ1n) is 5.07. The maximum absolute atomic E-state index is 7.28. The number of amidine groups is 1. The highest BCUT2D eigenvalue weighted by Gasteiger charge is 2.04. The molecule has 0 aliphatic carbocycles. The van der Waals surface area contributed by atoms with Crippen molar-refractivity contribution in [1.29, 1.82) is 5.41 Å². The summed E-state index contributed by atoms with van der Waals surface area (Å²) in [6.45, 7) is 4.10. The maximum atomic E-state index is 7.28. The van der Waals surface area contributed by atoms with Crippen LogP contribution in [0.2, 0.25) is 0 Å². The van der Waals surface area contributed by atoms with Crippen LogP contribution < -0.4 is 5.73 Å². The zero-order valence-corrected chi connectivity index (χ0v) is 10.1. The number of rotatable bonds is 5. The molecule has 0 aliphatic heterocycles. The van der Waals surface area contributed by atoms with Gasteiger partial charge in [-0.3, -0.25) is 5.41 Å². The number of hydrogen-bond acceptors (Lipinski definition) is 2. The fourth-order valence-electron chi connectivity index (χ4n) is 1.25. The first-order valence-corrected chi connectivity index (χ1v) is 6.22. The Balaban J connectivity index is 2.35. The lowest BCUT2D eigenvalue weighted by Gasteiger charge is -2.08. The van der Waals surface area contributed by atoms with Crippen molar-refractivity contribution in [2.75, 3.05) is 5.75 Å². The van der Waals surface area contributed by atoms with Gasteiger partial charge in [-0.2, -0.15) is 11.8 Å². The predicted octanol–water partition coefficient (Wildman–Crippen LogP) is 2.80. The summed E-state index contributed by atoms with van der Waals surface area (Å²) < 4.78 is 0. The second-order valence-electron chi connectivity index (χ2n) is 3.86. The van der Waals surface area contributed by atoms with Gasteiger partial charge in [0.2, 0.25) is 0 Å². The average Bonchev–Trinajstić information content (AvgIpc) is 2.17. The molecule has 3 heteroatoms. The molecular formula is C12H18N2S. The molecule has 0 amide bonds. The van der Waals surface area contributed by atoms with Gasteiger partial charge in [-0.15, -0.1) is 0 Å². The summed E-state index contributed by atoms with van der Waals surface area (Å²) in [5, 5.41) is 7.28. The van der Waals surface area contributed by atoms with E-state index in [4.69, 9.17) is 11.1 Å². The fourth-order valence-corrected chi connectivity index (χ4v) is 2.31. The Morgan fingerprint density at radius 1 is 1.53 bits per heavy atom. The van der Waals surface area contributed by atoms with Crippen LogP contribution in [-0.2, 0) is 5.75 Å². The van der Waals surface area contributed by atoms with Crippen molar-refractivity contribution < 1.29 is 0 Å². The Morgan fingerprint density at radius 3 is 2.87 bits per heavy atom. The van der Waals surface area contributed by atoms with Gasteiger partial charge in [0.25, 0.3) is 0 Å². The number of benzene rings is 1. The van der Waals surface area contributed by atoms with Crippen LogP contribution in [0.25, 0.3) is 0 Å². The molecule has 0 bridgehead atoms. The predicted molar refractivity (Wildman–Crippen MR) is 68.4 cm³/mol. The summed E-state index contributed by atoms with van der Waals surface area (Å²) >= 11 is 1.83. The molecule has 0 saturated carbocycles. The van der Waals surface area contributed by atoms with Crippen LogP contribution in [-0.4, -0.2) is 11.6 Å². The molecule has 0 radical (unpaired) electrons. The molecule has 1 unspecified atom stereocenters. The lowest BCUT2D eigenvalue weighted by molar-refractivity contribution is 0.879. The monoisotopic (exact) mass is 222 g/mol. The van der Waals surface area contributed by atoms with Crippen LogP contribution in [0.3, 0.4) is 0 Å². The highest BCUT2D eigenvalue weighted by molar-refractivity contribution is 7.98. The Hall–Kier alpha value is -0.960. The van der Waals surface area contributed by atoms with Crippen LogP contribution in [0.15, 0.2) is 24.3 Å². The van der Waals surface area contributed by atoms with E-state index in [0.717, 1.165) is 11.5 Å². The molecule has 0 spiro atoms. The van der Waals surface area contributed by atoms with E-state index in [0.29, 0.717) is 0 Å². The number of nitrogens with one attached hydrogen (secondary N) is 1. The quantitative estimate of drug-likeness (QED) is 0.594. The zero-order valence-electron chi connectivity index (χ0n) is 9.29. The van der Waals surface area contributed by atoms with Gasteiger partial charge in [-0.1, -0.05) is 36.8 Å². The van der Waals surface area contributed by atoms with Crippen molar-refractivity contribution in [3.05, 3.63) is 35.4 Å². The van der Waals surface area contributed by atoms with Crippen molar-refractivity contribution in [1.82, 2.24) is 0 Å². The molecule has 0 fully saturated rings. The largest absolute Gasteiger partial charge is 0.387 e. The molecular weight excluding hydrogens is 204 g/mol. The van der Waals surface area contributed by atoms with Crippen molar-refractivity contribution in [2.24, 2.45) is 11.7 Å². The highest BCUT2D eigenvalue weighted by Crippen LogP contribution is 2.16. The van der Waals surface area contributed by atoms with Crippen LogP contribution in [0, 0.1) is 18.3 Å². The van der Waals surface area contributed by atoms with Gasteiger partial charge >= 0.3 is 0 Å². The summed E-state index contributed by atoms with van der Waals surface area (Å²) in [7, 11) is 0. The minimum atomic E-state index is 0.180. The van der Waals surface area contributed by atoms with E-state index in [2.05, 4.69) is 31.2 Å². The molecule has 3 N–H and O–H groups in total. The molecule has 82 valence electrons. The van der Waals surface area contributed by atoms with Crippen LogP contribution in [0.5, 0.6) is 0 Å². The molecule has 1 aromatic rings. The number of thioether (sulfide) groups is 1. The van der Waals surface area contributed by atoms with Gasteiger partial charge in [-0.05, 0) is 12.5 Å². The number of hydrogen-bond donors (Lipinski definition) is 2. The number of nitrogens with two attached hydrogens (primary N) is 1. The third kappa shape index (κ3) is 4.38. The van der Waals surface area contributed by atoms with Gasteiger partial charge in [-0.25, -0.2) is 0 Å². The second kappa shape index (κ2) is 5.81. The summed E-state index contributed by atoms with van der Waals surface area (Å²) in [4.78, 5) is 0. The Labute approximate surface area is 95.8 Å². The molecule has 1 atom stereocenters. The number of aryl methyl sites for hydroxylation is 1. The van der Waals surface area contributed by atoms with Crippen molar-refractivity contribution in [3.63, 3.8) is 0 Å². The van der Waals surface area contributed by atoms with Gasteiger partial charge < -0.3 is 5.73 Å². The van der Waals surface area contributed by atoms with Gasteiger partial charge in [0.15, 0.2) is 0 Å². The maximum Gasteiger partial charge on any atom is 0.0942 e. The third-order valence-electron chi connectivity index (χ3n) is 2.25. The zero-order chi connectivity index (χ0) is 11.3. The van der Waals surface area contributed by atoms with Crippen molar-refractivity contribution in [2.45, 2.75) is 19.6 Å². The lowest BCUT2D eigenvalue weighted by atomic mass is 10.2. The summed E-state index contributed by atoms with van der Waals surface area (Å²) in [5.74, 6) is 2.38. The Morgan fingerprint density at radius 2 is 2.27 bits per heavy atom. The molecule has 0 saturated heterocycles. The summed E-state index contributed by atoms with van der Waals surface area (Å²) in [5.41, 5.74) is 8.05. The molecule has 2 nitrogen and oxygen atoms in total. The van der Waals surface area contributed by atoms with Gasteiger partial charge in [0.05, 0.1) is 5.84 Å². The lowest BCUT2D eigenvalue weighted by Crippen LogP contribution is -2.21. The first kappa shape index (κ1) is 12.1. The molecule has 0 heterocycles. The van der Waals surface area contributed by atoms with E-state index in [1.165, 1.54) is 11.1 Å². The standard InChI is InChI=1S/C12H18N2S/c1-9-4-3-5-11(6-9)8-15-7-10(2)12(13)14/h3-6,10H,7-8H2,1-2H3,(H3,13,14). The van der Waals surface area contributed by atoms with Crippen LogP contribution in [0.4, 0.5) is 0 Å². The van der Waals surface area contributed by atoms with Gasteiger partial charge in [0.1, 0.15) is 0 Å². The minimum Gasteiger partial charge on any atom is -0.387 e. The van der Waals surface area contributed by atoms with E-state index in [-0.39, 0.29) is 11.8 Å². The minimum absolute atomic E-state index is 0.180. The molecule has 1 rings (SSSR count). The van der Waals surface area contributed by atoms with Crippen LogP contribution in [0.1, 0.15) is 18.1 Å². The van der Waals surface area contributed by atoms with E-state index >= 15 is 0 Å². The van der Waals surface area contributed by atoms with Crippen molar-refractivity contribution in [3.8, 4) is 0 Å². The van der Waals surface area contributed by atoms with E-state index in [9.17, 15) is 0 Å². The van der Waals surface area contributed by atoms with E-state index in [1.54, 1.807) is 0 Å². The molecule has 0 aliphatic rings. The normalized spacial score (nSPS) is 12.4. The smallest absolute Gasteiger partial charge is 0.0942 e. The Bertz CT molecular complexity index is 336. The molecule has 0 aromatic heterocycles. The summed E-state index contributed by atoms with van der Waals surface area (Å²) in [6.07, 6.45) is 0. The highest BCUT2D eigenvalue weighted by atomic mass is 32.2. The fraction of sp³-hybridized carbons (Fsp3) is 0.417. The topological polar surface area (TPSA) is 49.9 Å².